The number of nitrogens with one attached hydrogen (secondary N) is 2. The van der Waals surface area contributed by atoms with Crippen molar-refractivity contribution in [2.45, 2.75) is 26.8 Å². The maximum Gasteiger partial charge on any atom is 0.367 e. The van der Waals surface area contributed by atoms with E-state index in [9.17, 15) is 18.3 Å². The smallest absolute Gasteiger partial charge is 0.367 e. The summed E-state index contributed by atoms with van der Waals surface area (Å²) in [6, 6.07) is 13.9. The molecule has 1 aliphatic rings. The summed E-state index contributed by atoms with van der Waals surface area (Å²) in [7, 11) is -0.957. The Balaban J connectivity index is 1.95. The number of aromatic hydroxyl groups is 1. The maximum absolute atomic E-state index is 12.3. The molecule has 2 aromatic carbocycles. The fourth-order valence-corrected chi connectivity index (χ4v) is 4.06. The topological polar surface area (TPSA) is 123 Å². The van der Waals surface area contributed by atoms with Crippen molar-refractivity contribution >= 4 is 33.5 Å². The fourth-order valence-electron chi connectivity index (χ4n) is 3.28. The summed E-state index contributed by atoms with van der Waals surface area (Å²) in [6.07, 6.45) is 0. The Bertz CT molecular complexity index is 1180. The molecule has 32 heavy (non-hydrogen) atoms. The minimum atomic E-state index is -4.10. The normalized spacial score (nSPS) is 16.0. The van der Waals surface area contributed by atoms with Crippen molar-refractivity contribution in [1.29, 1.82) is 0 Å². The number of phenolic OH excluding ortho intramolecular Hbond substituents is 1. The van der Waals surface area contributed by atoms with Crippen LogP contribution in [0.25, 0.3) is 0 Å². The zero-order valence-electron chi connectivity index (χ0n) is 18.6. The Labute approximate surface area is 188 Å². The second-order valence-corrected chi connectivity index (χ2v) is 9.97. The molecule has 0 spiro atoms. The van der Waals surface area contributed by atoms with E-state index in [1.807, 2.05) is 51.1 Å². The number of phenols is 1. The van der Waals surface area contributed by atoms with Crippen LogP contribution in [0.5, 0.6) is 5.75 Å². The van der Waals surface area contributed by atoms with Crippen molar-refractivity contribution in [3.63, 3.8) is 0 Å². The number of carbonyl (C=O) groups excluding carboxylic acids is 1. The highest BCUT2D eigenvalue weighted by Gasteiger charge is 2.32. The summed E-state index contributed by atoms with van der Waals surface area (Å²) in [5, 5.41) is 16.6. The largest absolute Gasteiger partial charge is 0.505 e. The molecule has 1 heterocycles. The summed E-state index contributed by atoms with van der Waals surface area (Å²) >= 11 is 0. The fraction of sp³-hybridized carbons (Fsp3) is 0.318. The number of amides is 1. The van der Waals surface area contributed by atoms with Crippen LogP contribution in [0.4, 0.5) is 5.69 Å². The Morgan fingerprint density at radius 2 is 1.62 bits per heavy atom. The highest BCUT2D eigenvalue weighted by atomic mass is 32.2. The molecule has 0 bridgehead atoms. The summed E-state index contributed by atoms with van der Waals surface area (Å²) in [4.78, 5) is 13.6. The van der Waals surface area contributed by atoms with Gasteiger partial charge in [-0.2, -0.15) is 8.42 Å². The number of anilines is 1. The van der Waals surface area contributed by atoms with Gasteiger partial charge in [-0.05, 0) is 23.1 Å². The van der Waals surface area contributed by atoms with Crippen LogP contribution >= 0.6 is 0 Å². The van der Waals surface area contributed by atoms with Crippen LogP contribution in [0.3, 0.4) is 0 Å². The van der Waals surface area contributed by atoms with Crippen molar-refractivity contribution in [2.24, 2.45) is 14.2 Å². The monoisotopic (exact) mass is 457 g/mol. The molecular weight excluding hydrogens is 430 g/mol. The number of hydrogen-bond acceptors (Lipinski definition) is 6. The number of nitrogens with zero attached hydrogens (tertiary/aromatic N) is 3. The van der Waals surface area contributed by atoms with Crippen LogP contribution in [-0.4, -0.2) is 50.1 Å². The van der Waals surface area contributed by atoms with Crippen molar-refractivity contribution in [3.8, 4) is 5.75 Å². The van der Waals surface area contributed by atoms with Gasteiger partial charge in [0.2, 0.25) is 0 Å². The minimum Gasteiger partial charge on any atom is -0.505 e. The molecule has 1 amide bonds. The molecule has 0 saturated carbocycles. The van der Waals surface area contributed by atoms with Gasteiger partial charge < -0.3 is 20.6 Å². The lowest BCUT2D eigenvalue weighted by Gasteiger charge is -2.32. The van der Waals surface area contributed by atoms with E-state index in [4.69, 9.17) is 0 Å². The first-order valence-electron chi connectivity index (χ1n) is 9.96. The number of hydrogen-bond donors (Lipinski definition) is 3. The molecule has 0 fully saturated rings. The van der Waals surface area contributed by atoms with Gasteiger partial charge >= 0.3 is 10.2 Å². The number of amidine groups is 2. The lowest BCUT2D eigenvalue weighted by Crippen LogP contribution is -2.41. The summed E-state index contributed by atoms with van der Waals surface area (Å²) in [5.74, 6) is -0.749. The molecule has 170 valence electrons. The number of benzene rings is 2. The van der Waals surface area contributed by atoms with E-state index >= 15 is 0 Å². The standard InChI is InChI=1S/C22H27N5O4S/c1-22(2,3)18(14-10-7-6-8-11-14)24-20-19(25-32(30,31)26-20)23-16-13-9-12-15(17(16)28)21(29)27(4)5/h6-13,18,28H,1-5H3,(H,23,25)(H,24,26)/t18-/m0/s1. The van der Waals surface area contributed by atoms with E-state index in [-0.39, 0.29) is 40.1 Å². The van der Waals surface area contributed by atoms with Gasteiger partial charge in [0.05, 0.1) is 17.3 Å². The number of carbonyl (C=O) groups is 1. The highest BCUT2D eigenvalue weighted by molar-refractivity contribution is 7.89. The SMILES string of the molecule is CN(C)C(=O)c1cccc(NC2=NS(=O)(=O)N=C2N[C@@H](c2ccccc2)C(C)(C)C)c1O. The number of rotatable bonds is 4. The first-order valence-corrected chi connectivity index (χ1v) is 11.4. The lowest BCUT2D eigenvalue weighted by molar-refractivity contribution is 0.0824. The molecule has 0 aromatic heterocycles. The second kappa shape index (κ2) is 8.62. The van der Waals surface area contributed by atoms with E-state index < -0.39 is 16.1 Å². The van der Waals surface area contributed by atoms with Gasteiger partial charge in [0.25, 0.3) is 5.91 Å². The van der Waals surface area contributed by atoms with Crippen LogP contribution in [0, 0.1) is 5.41 Å². The predicted molar refractivity (Wildman–Crippen MR) is 125 cm³/mol. The van der Waals surface area contributed by atoms with Gasteiger partial charge in [-0.25, -0.2) is 0 Å². The van der Waals surface area contributed by atoms with E-state index in [1.54, 1.807) is 20.2 Å². The van der Waals surface area contributed by atoms with E-state index in [0.29, 0.717) is 0 Å². The molecule has 1 aliphatic heterocycles. The zero-order chi connectivity index (χ0) is 23.7. The van der Waals surface area contributed by atoms with Crippen molar-refractivity contribution < 1.29 is 18.3 Å². The molecule has 0 aliphatic carbocycles. The van der Waals surface area contributed by atoms with Crippen LogP contribution in [-0.2, 0) is 10.2 Å². The predicted octanol–water partition coefficient (Wildman–Crippen LogP) is 2.94. The van der Waals surface area contributed by atoms with E-state index in [1.165, 1.54) is 17.0 Å². The highest BCUT2D eigenvalue weighted by Crippen LogP contribution is 2.34. The van der Waals surface area contributed by atoms with Crippen molar-refractivity contribution in [3.05, 3.63) is 59.7 Å². The van der Waals surface area contributed by atoms with Gasteiger partial charge in [-0.1, -0.05) is 57.2 Å². The first kappa shape index (κ1) is 23.3. The molecule has 1 atom stereocenters. The Morgan fingerprint density at radius 3 is 2.22 bits per heavy atom. The molecule has 0 unspecified atom stereocenters. The average Bonchev–Trinajstić information content (AvgIpc) is 3.00. The molecule has 10 heteroatoms. The summed E-state index contributed by atoms with van der Waals surface area (Å²) in [6.45, 7) is 6.07. The summed E-state index contributed by atoms with van der Waals surface area (Å²) < 4.78 is 31.8. The first-order chi connectivity index (χ1) is 14.9. The number of para-hydroxylation sites is 1. The molecule has 3 rings (SSSR count). The summed E-state index contributed by atoms with van der Waals surface area (Å²) in [5.41, 5.74) is 0.870. The van der Waals surface area contributed by atoms with Crippen LogP contribution in [0.2, 0.25) is 0 Å². The van der Waals surface area contributed by atoms with Crippen molar-refractivity contribution in [1.82, 2.24) is 10.2 Å². The second-order valence-electron chi connectivity index (χ2n) is 8.71. The van der Waals surface area contributed by atoms with Gasteiger partial charge in [0.15, 0.2) is 17.4 Å². The molecule has 3 N–H and O–H groups in total. The Hall–Kier alpha value is -3.40. The van der Waals surface area contributed by atoms with E-state index in [2.05, 4.69) is 19.4 Å². The molecule has 0 radical (unpaired) electrons. The van der Waals surface area contributed by atoms with Crippen LogP contribution in [0.15, 0.2) is 57.3 Å². The van der Waals surface area contributed by atoms with E-state index in [0.717, 1.165) is 5.56 Å². The molecule has 9 nitrogen and oxygen atoms in total. The Morgan fingerprint density at radius 1 is 1.00 bits per heavy atom. The van der Waals surface area contributed by atoms with Gasteiger partial charge in [0.1, 0.15) is 0 Å². The quantitative estimate of drug-likeness (QED) is 0.607. The lowest BCUT2D eigenvalue weighted by atomic mass is 9.82. The van der Waals surface area contributed by atoms with Gasteiger partial charge in [-0.15, -0.1) is 8.80 Å². The van der Waals surface area contributed by atoms with Crippen molar-refractivity contribution in [2.75, 3.05) is 19.4 Å². The molecule has 2 aromatic rings. The molecular formula is C22H27N5O4S. The maximum atomic E-state index is 12.3. The van der Waals surface area contributed by atoms with Gasteiger partial charge in [0, 0.05) is 14.1 Å². The Kier molecular flexibility index (Phi) is 6.27. The average molecular weight is 458 g/mol. The third kappa shape index (κ3) is 5.08. The third-order valence-electron chi connectivity index (χ3n) is 4.84. The minimum absolute atomic E-state index is 0.0255. The van der Waals surface area contributed by atoms with Crippen LogP contribution < -0.4 is 10.6 Å². The zero-order valence-corrected chi connectivity index (χ0v) is 19.4. The van der Waals surface area contributed by atoms with Gasteiger partial charge in [-0.3, -0.25) is 4.79 Å². The molecule has 0 saturated heterocycles. The van der Waals surface area contributed by atoms with Crippen LogP contribution in [0.1, 0.15) is 42.7 Å². The third-order valence-corrected chi connectivity index (χ3v) is 5.67.